The van der Waals surface area contributed by atoms with E-state index in [1.54, 1.807) is 4.90 Å². The van der Waals surface area contributed by atoms with Gasteiger partial charge in [0, 0.05) is 12.5 Å². The summed E-state index contributed by atoms with van der Waals surface area (Å²) in [5.41, 5.74) is 0.0950. The number of aliphatic imine (C=N–C) groups is 1. The van der Waals surface area contributed by atoms with Crippen molar-refractivity contribution in [3.8, 4) is 0 Å². The molecule has 0 saturated carbocycles. The number of carbonyl (C=O) groups excluding carboxylic acids is 2. The summed E-state index contributed by atoms with van der Waals surface area (Å²) in [5.74, 6) is -0.125. The number of hydrogen-bond donors (Lipinski definition) is 0. The Kier molecular flexibility index (Phi) is 2.24. The van der Waals surface area contributed by atoms with E-state index in [9.17, 15) is 9.59 Å². The van der Waals surface area contributed by atoms with Crippen molar-refractivity contribution in [2.75, 3.05) is 6.54 Å². The maximum atomic E-state index is 11.3. The van der Waals surface area contributed by atoms with E-state index >= 15 is 0 Å². The van der Waals surface area contributed by atoms with E-state index in [0.29, 0.717) is 12.3 Å². The molecule has 0 unspecified atom stereocenters. The summed E-state index contributed by atoms with van der Waals surface area (Å²) in [4.78, 5) is 27.6. The quantitative estimate of drug-likeness (QED) is 0.612. The fourth-order valence-electron chi connectivity index (χ4n) is 1.14. The molecule has 1 heterocycles. The maximum absolute atomic E-state index is 11.3. The number of urea groups is 1. The first-order valence-electron chi connectivity index (χ1n) is 4.22. The number of carbonyl (C=O) groups is 2. The SMILES string of the molecule is CC(=O)C1=NC(=O)N(C(C)(C)C)C1. The number of nitrogens with zero attached hydrogens (tertiary/aromatic N) is 2. The third kappa shape index (κ3) is 1.94. The molecule has 0 atom stereocenters. The smallest absolute Gasteiger partial charge is 0.312 e. The van der Waals surface area contributed by atoms with Crippen molar-refractivity contribution in [3.63, 3.8) is 0 Å². The molecule has 2 amide bonds. The van der Waals surface area contributed by atoms with Crippen molar-refractivity contribution in [1.29, 1.82) is 0 Å². The van der Waals surface area contributed by atoms with Gasteiger partial charge in [0.1, 0.15) is 5.71 Å². The number of amides is 2. The lowest BCUT2D eigenvalue weighted by Gasteiger charge is -2.30. The van der Waals surface area contributed by atoms with Gasteiger partial charge in [0.25, 0.3) is 0 Å². The van der Waals surface area contributed by atoms with Gasteiger partial charge in [-0.2, -0.15) is 4.99 Å². The number of rotatable bonds is 1. The Hall–Kier alpha value is -1.19. The Labute approximate surface area is 77.6 Å². The summed E-state index contributed by atoms with van der Waals surface area (Å²) in [6.07, 6.45) is 0. The second-order valence-corrected chi connectivity index (χ2v) is 4.15. The summed E-state index contributed by atoms with van der Waals surface area (Å²) < 4.78 is 0. The van der Waals surface area contributed by atoms with Crippen LogP contribution in [0.4, 0.5) is 4.79 Å². The molecular weight excluding hydrogens is 168 g/mol. The third-order valence-electron chi connectivity index (χ3n) is 1.99. The first kappa shape index (κ1) is 9.89. The van der Waals surface area contributed by atoms with E-state index < -0.39 is 0 Å². The first-order valence-corrected chi connectivity index (χ1v) is 4.22. The van der Waals surface area contributed by atoms with Gasteiger partial charge in [-0.1, -0.05) is 0 Å². The van der Waals surface area contributed by atoms with E-state index in [-0.39, 0.29) is 17.4 Å². The first-order chi connectivity index (χ1) is 5.82. The van der Waals surface area contributed by atoms with Crippen LogP contribution in [-0.2, 0) is 4.79 Å². The van der Waals surface area contributed by atoms with Crippen molar-refractivity contribution in [3.05, 3.63) is 0 Å². The van der Waals surface area contributed by atoms with Gasteiger partial charge < -0.3 is 4.90 Å². The summed E-state index contributed by atoms with van der Waals surface area (Å²) in [7, 11) is 0. The fraction of sp³-hybridized carbons (Fsp3) is 0.667. The fourth-order valence-corrected chi connectivity index (χ4v) is 1.14. The number of hydrogen-bond acceptors (Lipinski definition) is 2. The molecule has 4 heteroatoms. The Morgan fingerprint density at radius 2 is 2.00 bits per heavy atom. The highest BCUT2D eigenvalue weighted by Gasteiger charge is 2.33. The zero-order chi connectivity index (χ0) is 10.2. The zero-order valence-corrected chi connectivity index (χ0v) is 8.42. The van der Waals surface area contributed by atoms with E-state index in [4.69, 9.17) is 0 Å². The van der Waals surface area contributed by atoms with Crippen LogP contribution in [0.1, 0.15) is 27.7 Å². The Bertz CT molecular complexity index is 286. The minimum Gasteiger partial charge on any atom is -0.312 e. The zero-order valence-electron chi connectivity index (χ0n) is 8.42. The monoisotopic (exact) mass is 182 g/mol. The molecule has 1 aliphatic rings. The van der Waals surface area contributed by atoms with Crippen LogP contribution in [0.5, 0.6) is 0 Å². The van der Waals surface area contributed by atoms with Gasteiger partial charge in [0.15, 0.2) is 5.78 Å². The summed E-state index contributed by atoms with van der Waals surface area (Å²) >= 11 is 0. The Morgan fingerprint density at radius 3 is 2.23 bits per heavy atom. The molecule has 1 rings (SSSR count). The highest BCUT2D eigenvalue weighted by atomic mass is 16.2. The molecule has 0 aliphatic carbocycles. The van der Waals surface area contributed by atoms with Crippen molar-refractivity contribution >= 4 is 17.5 Å². The molecule has 0 radical (unpaired) electrons. The molecule has 0 spiro atoms. The van der Waals surface area contributed by atoms with Gasteiger partial charge in [0.05, 0.1) is 6.54 Å². The summed E-state index contributed by atoms with van der Waals surface area (Å²) in [6.45, 7) is 7.53. The second kappa shape index (κ2) is 2.94. The van der Waals surface area contributed by atoms with Crippen LogP contribution >= 0.6 is 0 Å². The standard InChI is InChI=1S/C9H14N2O2/c1-6(12)7-5-11(8(13)10-7)9(2,3)4/h5H2,1-4H3. The number of Topliss-reactive ketones (excluding diaryl/α,β-unsaturated/α-hetero) is 1. The highest BCUT2D eigenvalue weighted by molar-refractivity contribution is 6.42. The predicted octanol–water partition coefficient (Wildman–Crippen LogP) is 1.25. The highest BCUT2D eigenvalue weighted by Crippen LogP contribution is 2.18. The summed E-state index contributed by atoms with van der Waals surface area (Å²) in [6, 6.07) is -0.308. The van der Waals surface area contributed by atoms with E-state index in [1.807, 2.05) is 20.8 Å². The van der Waals surface area contributed by atoms with Crippen molar-refractivity contribution < 1.29 is 9.59 Å². The molecule has 13 heavy (non-hydrogen) atoms. The van der Waals surface area contributed by atoms with Crippen LogP contribution in [-0.4, -0.2) is 34.5 Å². The Balaban J connectivity index is 2.82. The predicted molar refractivity (Wildman–Crippen MR) is 50.0 cm³/mol. The van der Waals surface area contributed by atoms with E-state index in [2.05, 4.69) is 4.99 Å². The lowest BCUT2D eigenvalue weighted by Crippen LogP contribution is -2.43. The molecule has 4 nitrogen and oxygen atoms in total. The van der Waals surface area contributed by atoms with E-state index in [1.165, 1.54) is 6.92 Å². The minimum absolute atomic E-state index is 0.125. The van der Waals surface area contributed by atoms with Gasteiger partial charge in [-0.05, 0) is 20.8 Å². The van der Waals surface area contributed by atoms with E-state index in [0.717, 1.165) is 0 Å². The molecule has 0 saturated heterocycles. The normalized spacial score (nSPS) is 17.7. The van der Waals surface area contributed by atoms with Gasteiger partial charge >= 0.3 is 6.03 Å². The van der Waals surface area contributed by atoms with Crippen molar-refractivity contribution in [2.45, 2.75) is 33.2 Å². The molecular formula is C9H14N2O2. The molecule has 72 valence electrons. The maximum Gasteiger partial charge on any atom is 0.344 e. The van der Waals surface area contributed by atoms with Crippen LogP contribution in [0.15, 0.2) is 4.99 Å². The molecule has 0 N–H and O–H groups in total. The molecule has 0 aromatic heterocycles. The minimum atomic E-state index is -0.308. The van der Waals surface area contributed by atoms with Crippen LogP contribution in [0, 0.1) is 0 Å². The molecule has 1 aliphatic heterocycles. The molecule has 0 fully saturated rings. The average Bonchev–Trinajstić information content (AvgIpc) is 2.29. The largest absolute Gasteiger partial charge is 0.344 e. The molecule has 0 bridgehead atoms. The van der Waals surface area contributed by atoms with Gasteiger partial charge in [-0.15, -0.1) is 0 Å². The third-order valence-corrected chi connectivity index (χ3v) is 1.99. The average molecular weight is 182 g/mol. The second-order valence-electron chi connectivity index (χ2n) is 4.15. The van der Waals surface area contributed by atoms with Crippen LogP contribution < -0.4 is 0 Å². The molecule has 0 aromatic carbocycles. The van der Waals surface area contributed by atoms with Crippen molar-refractivity contribution in [1.82, 2.24) is 4.90 Å². The van der Waals surface area contributed by atoms with Crippen LogP contribution in [0.3, 0.4) is 0 Å². The summed E-state index contributed by atoms with van der Waals surface area (Å²) in [5, 5.41) is 0. The lowest BCUT2D eigenvalue weighted by atomic mass is 10.1. The lowest BCUT2D eigenvalue weighted by molar-refractivity contribution is -0.111. The van der Waals surface area contributed by atoms with Crippen molar-refractivity contribution in [2.24, 2.45) is 4.99 Å². The van der Waals surface area contributed by atoms with Gasteiger partial charge in [-0.3, -0.25) is 4.79 Å². The van der Waals surface area contributed by atoms with Crippen LogP contribution in [0.25, 0.3) is 0 Å². The van der Waals surface area contributed by atoms with Crippen LogP contribution in [0.2, 0.25) is 0 Å². The number of ketones is 1. The molecule has 0 aromatic rings. The van der Waals surface area contributed by atoms with Gasteiger partial charge in [0.2, 0.25) is 0 Å². The topological polar surface area (TPSA) is 49.7 Å². The Morgan fingerprint density at radius 1 is 1.46 bits per heavy atom. The van der Waals surface area contributed by atoms with Gasteiger partial charge in [-0.25, -0.2) is 4.79 Å².